The minimum absolute atomic E-state index is 0.383. The van der Waals surface area contributed by atoms with E-state index in [0.717, 1.165) is 12.3 Å². The molecule has 2 N–H and O–H groups in total. The average molecular weight is 227 g/mol. The highest BCUT2D eigenvalue weighted by Gasteiger charge is 2.16. The predicted octanol–water partition coefficient (Wildman–Crippen LogP) is 2.89. The maximum Gasteiger partial charge on any atom is 0.216 e. The molecule has 0 spiro atoms. The number of nitrogen functional groups attached to an aromatic ring is 1. The molecule has 1 fully saturated rings. The summed E-state index contributed by atoms with van der Waals surface area (Å²) in [4.78, 5) is 4.04. The highest BCUT2D eigenvalue weighted by Crippen LogP contribution is 2.29. The lowest BCUT2D eigenvalue weighted by molar-refractivity contribution is 0.217. The molecule has 82 valence electrons. The molecule has 2 rings (SSSR count). The molecule has 0 unspecified atom stereocenters. The van der Waals surface area contributed by atoms with E-state index in [0.29, 0.717) is 23.3 Å². The minimum atomic E-state index is 0.383. The van der Waals surface area contributed by atoms with Crippen molar-refractivity contribution in [1.29, 1.82) is 0 Å². The van der Waals surface area contributed by atoms with E-state index in [9.17, 15) is 0 Å². The van der Waals surface area contributed by atoms with Gasteiger partial charge in [0, 0.05) is 11.8 Å². The van der Waals surface area contributed by atoms with E-state index in [1.54, 1.807) is 12.1 Å². The Kier molecular flexibility index (Phi) is 3.31. The standard InChI is InChI=1S/C11H15ClN2O/c12-10-6-9(13)7-11(14-10)15-5-4-8-2-1-3-8/h6-8H,1-5H2,(H2,13,14). The normalized spacial score (nSPS) is 16.1. The van der Waals surface area contributed by atoms with Gasteiger partial charge in [-0.3, -0.25) is 0 Å². The Labute approximate surface area is 94.6 Å². The van der Waals surface area contributed by atoms with Crippen molar-refractivity contribution in [2.75, 3.05) is 12.3 Å². The van der Waals surface area contributed by atoms with E-state index >= 15 is 0 Å². The fourth-order valence-corrected chi connectivity index (χ4v) is 1.89. The average Bonchev–Trinajstić information content (AvgIpc) is 2.07. The van der Waals surface area contributed by atoms with Crippen LogP contribution in [0.2, 0.25) is 5.15 Å². The Hall–Kier alpha value is -0.960. The number of anilines is 1. The zero-order chi connectivity index (χ0) is 10.7. The minimum Gasteiger partial charge on any atom is -0.478 e. The van der Waals surface area contributed by atoms with Crippen LogP contribution in [0.5, 0.6) is 5.88 Å². The number of nitrogens with two attached hydrogens (primary N) is 1. The van der Waals surface area contributed by atoms with Crippen molar-refractivity contribution in [3.63, 3.8) is 0 Å². The Morgan fingerprint density at radius 2 is 2.27 bits per heavy atom. The van der Waals surface area contributed by atoms with E-state index in [2.05, 4.69) is 4.98 Å². The van der Waals surface area contributed by atoms with E-state index in [1.807, 2.05) is 0 Å². The Balaban J connectivity index is 1.81. The topological polar surface area (TPSA) is 48.1 Å². The van der Waals surface area contributed by atoms with Gasteiger partial charge >= 0.3 is 0 Å². The van der Waals surface area contributed by atoms with E-state index in [4.69, 9.17) is 22.1 Å². The van der Waals surface area contributed by atoms with Crippen LogP contribution in [0.25, 0.3) is 0 Å². The summed E-state index contributed by atoms with van der Waals surface area (Å²) < 4.78 is 5.50. The molecule has 0 bridgehead atoms. The highest BCUT2D eigenvalue weighted by molar-refractivity contribution is 6.29. The predicted molar refractivity (Wildman–Crippen MR) is 61.1 cm³/mol. The number of hydrogen-bond acceptors (Lipinski definition) is 3. The van der Waals surface area contributed by atoms with Crippen molar-refractivity contribution in [3.8, 4) is 5.88 Å². The van der Waals surface area contributed by atoms with Gasteiger partial charge in [0.2, 0.25) is 5.88 Å². The van der Waals surface area contributed by atoms with Crippen LogP contribution >= 0.6 is 11.6 Å². The molecule has 1 heterocycles. The molecule has 1 aliphatic rings. The lowest BCUT2D eigenvalue weighted by Gasteiger charge is -2.24. The van der Waals surface area contributed by atoms with Gasteiger partial charge in [-0.15, -0.1) is 0 Å². The van der Waals surface area contributed by atoms with Crippen LogP contribution in [0.15, 0.2) is 12.1 Å². The van der Waals surface area contributed by atoms with Crippen molar-refractivity contribution in [1.82, 2.24) is 4.98 Å². The van der Waals surface area contributed by atoms with Crippen LogP contribution < -0.4 is 10.5 Å². The van der Waals surface area contributed by atoms with Gasteiger partial charge in [0.05, 0.1) is 6.61 Å². The molecule has 0 radical (unpaired) electrons. The molecular formula is C11H15ClN2O. The van der Waals surface area contributed by atoms with Gasteiger partial charge in [0.25, 0.3) is 0 Å². The molecule has 0 aromatic carbocycles. The van der Waals surface area contributed by atoms with Crippen LogP contribution in [0, 0.1) is 5.92 Å². The summed E-state index contributed by atoms with van der Waals surface area (Å²) in [7, 11) is 0. The van der Waals surface area contributed by atoms with Gasteiger partial charge in [0.1, 0.15) is 5.15 Å². The third-order valence-corrected chi connectivity index (χ3v) is 2.99. The first-order chi connectivity index (χ1) is 7.24. The Morgan fingerprint density at radius 3 is 2.87 bits per heavy atom. The SMILES string of the molecule is Nc1cc(Cl)nc(OCCC2CCC2)c1. The van der Waals surface area contributed by atoms with Gasteiger partial charge < -0.3 is 10.5 Å². The van der Waals surface area contributed by atoms with Gasteiger partial charge in [-0.1, -0.05) is 30.9 Å². The highest BCUT2D eigenvalue weighted by atomic mass is 35.5. The molecule has 1 aliphatic carbocycles. The molecule has 0 amide bonds. The lowest BCUT2D eigenvalue weighted by atomic mass is 9.83. The second-order valence-electron chi connectivity index (χ2n) is 4.00. The molecule has 1 saturated carbocycles. The van der Waals surface area contributed by atoms with Crippen LogP contribution in [-0.2, 0) is 0 Å². The second-order valence-corrected chi connectivity index (χ2v) is 4.38. The number of aromatic nitrogens is 1. The zero-order valence-corrected chi connectivity index (χ0v) is 9.33. The quantitative estimate of drug-likeness (QED) is 0.804. The smallest absolute Gasteiger partial charge is 0.216 e. The molecule has 4 heteroatoms. The summed E-state index contributed by atoms with van der Waals surface area (Å²) in [5.41, 5.74) is 6.22. The summed E-state index contributed by atoms with van der Waals surface area (Å²) >= 11 is 5.76. The van der Waals surface area contributed by atoms with E-state index in [1.165, 1.54) is 19.3 Å². The molecule has 1 aromatic rings. The Morgan fingerprint density at radius 1 is 1.47 bits per heavy atom. The maximum atomic E-state index is 5.76. The number of ether oxygens (including phenoxy) is 1. The van der Waals surface area contributed by atoms with E-state index in [-0.39, 0.29) is 0 Å². The second kappa shape index (κ2) is 4.71. The van der Waals surface area contributed by atoms with E-state index < -0.39 is 0 Å². The fraction of sp³-hybridized carbons (Fsp3) is 0.545. The number of rotatable bonds is 4. The van der Waals surface area contributed by atoms with Gasteiger partial charge in [0.15, 0.2) is 0 Å². The van der Waals surface area contributed by atoms with Crippen LogP contribution in [0.1, 0.15) is 25.7 Å². The zero-order valence-electron chi connectivity index (χ0n) is 8.58. The fourth-order valence-electron chi connectivity index (χ4n) is 1.68. The largest absolute Gasteiger partial charge is 0.478 e. The van der Waals surface area contributed by atoms with Crippen molar-refractivity contribution in [2.24, 2.45) is 5.92 Å². The first-order valence-electron chi connectivity index (χ1n) is 5.30. The maximum absolute atomic E-state index is 5.76. The summed E-state index contributed by atoms with van der Waals surface area (Å²) in [6, 6.07) is 3.31. The number of hydrogen-bond donors (Lipinski definition) is 1. The molecule has 3 nitrogen and oxygen atoms in total. The third-order valence-electron chi connectivity index (χ3n) is 2.79. The summed E-state index contributed by atoms with van der Waals surface area (Å²) in [6.45, 7) is 0.706. The third kappa shape index (κ3) is 2.99. The summed E-state index contributed by atoms with van der Waals surface area (Å²) in [6.07, 6.45) is 5.16. The first kappa shape index (κ1) is 10.6. The van der Waals surface area contributed by atoms with Crippen LogP contribution in [-0.4, -0.2) is 11.6 Å². The van der Waals surface area contributed by atoms with Crippen LogP contribution in [0.3, 0.4) is 0 Å². The monoisotopic (exact) mass is 226 g/mol. The van der Waals surface area contributed by atoms with Crippen molar-refractivity contribution in [3.05, 3.63) is 17.3 Å². The Bertz CT molecular complexity index is 319. The van der Waals surface area contributed by atoms with Gasteiger partial charge in [-0.2, -0.15) is 0 Å². The number of nitrogens with zero attached hydrogens (tertiary/aromatic N) is 1. The van der Waals surface area contributed by atoms with Crippen molar-refractivity contribution in [2.45, 2.75) is 25.7 Å². The van der Waals surface area contributed by atoms with Crippen LogP contribution in [0.4, 0.5) is 5.69 Å². The van der Waals surface area contributed by atoms with Gasteiger partial charge in [-0.25, -0.2) is 4.98 Å². The first-order valence-corrected chi connectivity index (χ1v) is 5.68. The molecule has 0 aliphatic heterocycles. The van der Waals surface area contributed by atoms with Crippen molar-refractivity contribution >= 4 is 17.3 Å². The summed E-state index contributed by atoms with van der Waals surface area (Å²) in [5, 5.41) is 0.383. The number of halogens is 1. The molecule has 0 atom stereocenters. The van der Waals surface area contributed by atoms with Gasteiger partial charge in [-0.05, 0) is 18.4 Å². The molecule has 0 saturated heterocycles. The molecule has 1 aromatic heterocycles. The lowest BCUT2D eigenvalue weighted by Crippen LogP contribution is -2.14. The van der Waals surface area contributed by atoms with Crippen molar-refractivity contribution < 1.29 is 4.74 Å². The number of pyridine rings is 1. The summed E-state index contributed by atoms with van der Waals surface area (Å²) in [5.74, 6) is 1.38. The molecular weight excluding hydrogens is 212 g/mol. The molecule has 15 heavy (non-hydrogen) atoms.